The highest BCUT2D eigenvalue weighted by Gasteiger charge is 2.42. The summed E-state index contributed by atoms with van der Waals surface area (Å²) >= 11 is 6.86. The fourth-order valence-electron chi connectivity index (χ4n) is 5.94. The van der Waals surface area contributed by atoms with Gasteiger partial charge in [-0.05, 0) is 37.0 Å². The summed E-state index contributed by atoms with van der Waals surface area (Å²) in [6.07, 6.45) is -1.16. The van der Waals surface area contributed by atoms with Crippen molar-refractivity contribution in [3.8, 4) is 11.5 Å². The van der Waals surface area contributed by atoms with E-state index >= 15 is 0 Å². The number of hydrogen-bond donors (Lipinski definition) is 1. The van der Waals surface area contributed by atoms with Crippen molar-refractivity contribution in [1.29, 1.82) is 0 Å². The molecule has 0 aliphatic carbocycles. The molecule has 2 aromatic carbocycles. The maximum absolute atomic E-state index is 14.4. The standard InChI is InChI=1S/C33H41ClN2O9/c1-20(37)44-19-33(2,3)18-36-24-10-7-9-23(34)29(24)31(22-8-6-11-25(42-4)30(22)43-5)45-26(32(36)41)17-27(38)35-14-12-21(13-15-35)16-28(39)40/h6-11,21,26,31H,12-19H2,1-5H3,(H,39,40)/t26-,31-/m1/s1. The minimum absolute atomic E-state index is 0.00111. The largest absolute Gasteiger partial charge is 0.493 e. The van der Waals surface area contributed by atoms with E-state index in [1.54, 1.807) is 46.2 Å². The van der Waals surface area contributed by atoms with Crippen molar-refractivity contribution < 1.29 is 43.2 Å². The van der Waals surface area contributed by atoms with Crippen LogP contribution in [0.3, 0.4) is 0 Å². The van der Waals surface area contributed by atoms with Gasteiger partial charge in [-0.1, -0.05) is 43.6 Å². The Kier molecular flexibility index (Phi) is 11.0. The predicted octanol–water partition coefficient (Wildman–Crippen LogP) is 4.87. The van der Waals surface area contributed by atoms with Gasteiger partial charge in [-0.25, -0.2) is 0 Å². The molecule has 244 valence electrons. The molecule has 2 atom stereocenters. The summed E-state index contributed by atoms with van der Waals surface area (Å²) in [6.45, 7) is 6.08. The van der Waals surface area contributed by atoms with Crippen LogP contribution in [0.25, 0.3) is 0 Å². The van der Waals surface area contributed by atoms with Crippen molar-refractivity contribution in [1.82, 2.24) is 4.90 Å². The Balaban J connectivity index is 1.76. The molecule has 1 saturated heterocycles. The third kappa shape index (κ3) is 8.07. The lowest BCUT2D eigenvalue weighted by Crippen LogP contribution is -2.48. The lowest BCUT2D eigenvalue weighted by molar-refractivity contribution is -0.145. The van der Waals surface area contributed by atoms with E-state index in [1.807, 2.05) is 13.8 Å². The molecule has 45 heavy (non-hydrogen) atoms. The highest BCUT2D eigenvalue weighted by Crippen LogP contribution is 2.47. The number of piperidine rings is 1. The highest BCUT2D eigenvalue weighted by atomic mass is 35.5. The normalized spacial score (nSPS) is 19.0. The smallest absolute Gasteiger partial charge is 0.303 e. The zero-order chi connectivity index (χ0) is 32.9. The van der Waals surface area contributed by atoms with Crippen LogP contribution in [0, 0.1) is 11.3 Å². The molecule has 1 fully saturated rings. The molecule has 2 aliphatic heterocycles. The number of amides is 2. The molecular formula is C33H41ClN2O9. The molecule has 1 N–H and O–H groups in total. The van der Waals surface area contributed by atoms with E-state index in [-0.39, 0.29) is 37.8 Å². The van der Waals surface area contributed by atoms with Crippen molar-refractivity contribution in [3.63, 3.8) is 0 Å². The molecule has 0 bridgehead atoms. The van der Waals surface area contributed by atoms with E-state index in [1.165, 1.54) is 21.1 Å². The average Bonchev–Trinajstić information content (AvgIpc) is 3.10. The second-order valence-corrected chi connectivity index (χ2v) is 12.7. The summed E-state index contributed by atoms with van der Waals surface area (Å²) in [4.78, 5) is 54.1. The third-order valence-corrected chi connectivity index (χ3v) is 8.51. The molecule has 2 aromatic rings. The maximum atomic E-state index is 14.4. The van der Waals surface area contributed by atoms with E-state index in [9.17, 15) is 24.3 Å². The van der Waals surface area contributed by atoms with Crippen LogP contribution in [0.4, 0.5) is 5.69 Å². The van der Waals surface area contributed by atoms with Crippen molar-refractivity contribution in [3.05, 3.63) is 52.5 Å². The van der Waals surface area contributed by atoms with Crippen LogP contribution in [0.1, 0.15) is 63.7 Å². The summed E-state index contributed by atoms with van der Waals surface area (Å²) in [5.74, 6) is -1.14. The number of para-hydroxylation sites is 1. The number of carbonyl (C=O) groups is 4. The number of aliphatic carboxylic acids is 1. The zero-order valence-corrected chi connectivity index (χ0v) is 27.1. The van der Waals surface area contributed by atoms with Gasteiger partial charge < -0.3 is 33.9 Å². The van der Waals surface area contributed by atoms with Crippen LogP contribution in [-0.4, -0.2) is 80.3 Å². The molecule has 12 heteroatoms. The second kappa shape index (κ2) is 14.5. The van der Waals surface area contributed by atoms with Gasteiger partial charge in [0.2, 0.25) is 5.91 Å². The quantitative estimate of drug-likeness (QED) is 0.340. The van der Waals surface area contributed by atoms with E-state index < -0.39 is 35.5 Å². The van der Waals surface area contributed by atoms with Gasteiger partial charge in [0.15, 0.2) is 11.5 Å². The fraction of sp³-hybridized carbons (Fsp3) is 0.515. The van der Waals surface area contributed by atoms with Gasteiger partial charge in [0.25, 0.3) is 5.91 Å². The van der Waals surface area contributed by atoms with Gasteiger partial charge in [0.1, 0.15) is 12.2 Å². The minimum atomic E-state index is -1.21. The number of anilines is 1. The molecule has 0 aromatic heterocycles. The fourth-order valence-corrected chi connectivity index (χ4v) is 6.21. The summed E-state index contributed by atoms with van der Waals surface area (Å²) in [5, 5.41) is 9.52. The molecule has 0 radical (unpaired) electrons. The SMILES string of the molecule is COc1cccc([C@H]2O[C@H](CC(=O)N3CCC(CC(=O)O)CC3)C(=O)N(CC(C)(C)COC(C)=O)c3cccc(Cl)c32)c1OC. The van der Waals surface area contributed by atoms with Gasteiger partial charge in [-0.3, -0.25) is 19.2 Å². The number of carbonyl (C=O) groups excluding carboxylic acids is 3. The van der Waals surface area contributed by atoms with Crippen LogP contribution in [0.15, 0.2) is 36.4 Å². The van der Waals surface area contributed by atoms with Crippen LogP contribution >= 0.6 is 11.6 Å². The van der Waals surface area contributed by atoms with Gasteiger partial charge in [0, 0.05) is 54.5 Å². The Morgan fingerprint density at radius 1 is 1.04 bits per heavy atom. The Labute approximate surface area is 268 Å². The Bertz CT molecular complexity index is 1420. The average molecular weight is 645 g/mol. The number of ether oxygens (including phenoxy) is 4. The number of nitrogens with zero attached hydrogens (tertiary/aromatic N) is 2. The molecule has 11 nitrogen and oxygen atoms in total. The van der Waals surface area contributed by atoms with E-state index in [2.05, 4.69) is 0 Å². The van der Waals surface area contributed by atoms with Crippen molar-refractivity contribution in [2.45, 2.75) is 58.7 Å². The van der Waals surface area contributed by atoms with Gasteiger partial charge >= 0.3 is 11.9 Å². The predicted molar refractivity (Wildman–Crippen MR) is 167 cm³/mol. The van der Waals surface area contributed by atoms with E-state index in [0.29, 0.717) is 59.3 Å². The summed E-state index contributed by atoms with van der Waals surface area (Å²) in [7, 11) is 3.03. The summed E-state index contributed by atoms with van der Waals surface area (Å²) in [5.41, 5.74) is 0.913. The Morgan fingerprint density at radius 2 is 1.73 bits per heavy atom. The van der Waals surface area contributed by atoms with Crippen LogP contribution in [0.5, 0.6) is 11.5 Å². The van der Waals surface area contributed by atoms with Gasteiger partial charge in [0.05, 0.1) is 32.9 Å². The van der Waals surface area contributed by atoms with Crippen LogP contribution in [-0.2, 0) is 28.7 Å². The number of esters is 1. The summed E-state index contributed by atoms with van der Waals surface area (Å²) < 4.78 is 23.2. The number of halogens is 1. The van der Waals surface area contributed by atoms with E-state index in [0.717, 1.165) is 0 Å². The molecule has 2 aliphatic rings. The first-order chi connectivity index (χ1) is 21.3. The minimum Gasteiger partial charge on any atom is -0.493 e. The first-order valence-electron chi connectivity index (χ1n) is 14.9. The number of methoxy groups -OCH3 is 2. The maximum Gasteiger partial charge on any atom is 0.303 e. The molecule has 2 amide bonds. The van der Waals surface area contributed by atoms with Crippen molar-refractivity contribution in [2.75, 3.05) is 45.4 Å². The number of carboxylic acid groups (broad SMARTS) is 1. The first kappa shape index (κ1) is 34.1. The lowest BCUT2D eigenvalue weighted by Gasteiger charge is -2.34. The first-order valence-corrected chi connectivity index (χ1v) is 15.3. The molecule has 4 rings (SSSR count). The van der Waals surface area contributed by atoms with Gasteiger partial charge in [-0.15, -0.1) is 0 Å². The third-order valence-electron chi connectivity index (χ3n) is 8.18. The second-order valence-electron chi connectivity index (χ2n) is 12.3. The zero-order valence-electron chi connectivity index (χ0n) is 26.3. The summed E-state index contributed by atoms with van der Waals surface area (Å²) in [6, 6.07) is 10.6. The number of likely N-dealkylation sites (tertiary alicyclic amines) is 1. The molecule has 0 unspecified atom stereocenters. The van der Waals surface area contributed by atoms with Gasteiger partial charge in [-0.2, -0.15) is 0 Å². The number of fused-ring (bicyclic) bond motifs is 1. The molecule has 0 spiro atoms. The number of hydrogen-bond acceptors (Lipinski definition) is 8. The number of rotatable bonds is 11. The van der Waals surface area contributed by atoms with Crippen LogP contribution < -0.4 is 14.4 Å². The number of benzene rings is 2. The van der Waals surface area contributed by atoms with Crippen molar-refractivity contribution >= 4 is 41.0 Å². The monoisotopic (exact) mass is 644 g/mol. The van der Waals surface area contributed by atoms with Crippen LogP contribution in [0.2, 0.25) is 5.02 Å². The topological polar surface area (TPSA) is 132 Å². The molecule has 0 saturated carbocycles. The number of carboxylic acids is 1. The van der Waals surface area contributed by atoms with E-state index in [4.69, 9.17) is 30.5 Å². The Morgan fingerprint density at radius 3 is 2.36 bits per heavy atom. The lowest BCUT2D eigenvalue weighted by atomic mass is 9.92. The molecule has 2 heterocycles. The highest BCUT2D eigenvalue weighted by molar-refractivity contribution is 6.32. The molecular weight excluding hydrogens is 604 g/mol. The Hall–Kier alpha value is -3.83. The van der Waals surface area contributed by atoms with Crippen molar-refractivity contribution in [2.24, 2.45) is 11.3 Å².